The van der Waals surface area contributed by atoms with Crippen LogP contribution in [0.2, 0.25) is 0 Å². The Morgan fingerprint density at radius 3 is 0.908 bits per heavy atom. The molecule has 0 heterocycles. The van der Waals surface area contributed by atoms with Crippen LogP contribution in [0, 0.1) is 0 Å². The molecular formula is C59H106O6. The maximum absolute atomic E-state index is 12.8. The number of carbonyl (C=O) groups is 3. The second-order valence-corrected chi connectivity index (χ2v) is 18.8. The third-order valence-electron chi connectivity index (χ3n) is 12.3. The van der Waals surface area contributed by atoms with Gasteiger partial charge in [0.1, 0.15) is 13.2 Å². The molecule has 0 aliphatic heterocycles. The molecule has 0 saturated heterocycles. The Kier molecular flexibility index (Phi) is 51.8. The quantitative estimate of drug-likeness (QED) is 0.0262. The summed E-state index contributed by atoms with van der Waals surface area (Å²) in [5.74, 6) is -0.890. The van der Waals surface area contributed by atoms with Gasteiger partial charge in [-0.05, 0) is 103 Å². The van der Waals surface area contributed by atoms with E-state index in [1.54, 1.807) is 0 Å². The standard InChI is InChI=1S/C59H106O6/c1-4-7-10-13-16-19-22-25-27-28-29-30-32-35-38-41-44-47-50-53-59(62)65-56(54-63-57(60)51-48-45-42-39-36-33-24-21-18-15-12-9-6-3)55-64-58(61)52-49-46-43-40-37-34-31-26-23-20-17-14-11-8-5-2/h16,19,21,24-27,31,56H,4-15,17-18,20,22-23,28-30,32-55H2,1-3H3/b19-16-,24-21-,27-25-,31-26-/t56-/m0/s1. The number of carbonyl (C=O) groups excluding carboxylic acids is 3. The van der Waals surface area contributed by atoms with Gasteiger partial charge in [0, 0.05) is 19.3 Å². The van der Waals surface area contributed by atoms with E-state index in [9.17, 15) is 14.4 Å². The van der Waals surface area contributed by atoms with Crippen molar-refractivity contribution in [3.05, 3.63) is 48.6 Å². The van der Waals surface area contributed by atoms with Crippen molar-refractivity contribution in [2.45, 2.75) is 297 Å². The van der Waals surface area contributed by atoms with Gasteiger partial charge in [0.25, 0.3) is 0 Å². The molecule has 0 amide bonds. The number of ether oxygens (including phenoxy) is 3. The van der Waals surface area contributed by atoms with Gasteiger partial charge in [0.2, 0.25) is 0 Å². The van der Waals surface area contributed by atoms with E-state index >= 15 is 0 Å². The molecule has 0 fully saturated rings. The van der Waals surface area contributed by atoms with E-state index in [4.69, 9.17) is 14.2 Å². The van der Waals surface area contributed by atoms with Crippen molar-refractivity contribution in [3.8, 4) is 0 Å². The molecule has 1 atom stereocenters. The van der Waals surface area contributed by atoms with E-state index < -0.39 is 6.10 Å². The van der Waals surface area contributed by atoms with Gasteiger partial charge in [0.05, 0.1) is 0 Å². The number of hydrogen-bond donors (Lipinski definition) is 0. The molecule has 0 N–H and O–H groups in total. The van der Waals surface area contributed by atoms with Crippen LogP contribution in [0.5, 0.6) is 0 Å². The van der Waals surface area contributed by atoms with Crippen LogP contribution in [0.1, 0.15) is 290 Å². The van der Waals surface area contributed by atoms with Crippen LogP contribution in [-0.4, -0.2) is 37.2 Å². The molecule has 65 heavy (non-hydrogen) atoms. The Labute approximate surface area is 403 Å². The molecule has 0 rings (SSSR count). The lowest BCUT2D eigenvalue weighted by atomic mass is 10.1. The van der Waals surface area contributed by atoms with E-state index in [2.05, 4.69) is 69.4 Å². The molecular weight excluding hydrogens is 805 g/mol. The molecule has 0 aromatic heterocycles. The first-order chi connectivity index (χ1) is 32.0. The van der Waals surface area contributed by atoms with Gasteiger partial charge in [-0.3, -0.25) is 14.4 Å². The Bertz CT molecular complexity index is 1140. The third-order valence-corrected chi connectivity index (χ3v) is 12.3. The Hall–Kier alpha value is -2.63. The molecule has 6 nitrogen and oxygen atoms in total. The van der Waals surface area contributed by atoms with Crippen LogP contribution in [0.3, 0.4) is 0 Å². The lowest BCUT2D eigenvalue weighted by Crippen LogP contribution is -2.30. The van der Waals surface area contributed by atoms with Gasteiger partial charge in [-0.2, -0.15) is 0 Å². The predicted molar refractivity (Wildman–Crippen MR) is 279 cm³/mol. The highest BCUT2D eigenvalue weighted by Gasteiger charge is 2.19. The molecule has 0 saturated carbocycles. The zero-order chi connectivity index (χ0) is 47.2. The second kappa shape index (κ2) is 54.0. The summed E-state index contributed by atoms with van der Waals surface area (Å²) in [7, 11) is 0. The normalized spacial score (nSPS) is 12.4. The number of hydrogen-bond acceptors (Lipinski definition) is 6. The molecule has 0 spiro atoms. The van der Waals surface area contributed by atoms with Gasteiger partial charge in [-0.1, -0.05) is 217 Å². The lowest BCUT2D eigenvalue weighted by Gasteiger charge is -2.18. The van der Waals surface area contributed by atoms with E-state index in [1.807, 2.05) is 0 Å². The van der Waals surface area contributed by atoms with E-state index in [-0.39, 0.29) is 31.1 Å². The van der Waals surface area contributed by atoms with E-state index in [0.29, 0.717) is 19.3 Å². The highest BCUT2D eigenvalue weighted by atomic mass is 16.6. The summed E-state index contributed by atoms with van der Waals surface area (Å²) in [6.45, 7) is 6.60. The van der Waals surface area contributed by atoms with Crippen LogP contribution >= 0.6 is 0 Å². The molecule has 0 aromatic carbocycles. The third kappa shape index (κ3) is 52.2. The summed E-state index contributed by atoms with van der Waals surface area (Å²) in [4.78, 5) is 38.1. The minimum atomic E-state index is -0.781. The number of rotatable bonds is 51. The van der Waals surface area contributed by atoms with Crippen LogP contribution < -0.4 is 0 Å². The summed E-state index contributed by atoms with van der Waals surface area (Å²) >= 11 is 0. The monoisotopic (exact) mass is 911 g/mol. The van der Waals surface area contributed by atoms with Crippen molar-refractivity contribution >= 4 is 17.9 Å². The SMILES string of the molecule is CCCCC/C=C\C/C=C\CCCCCCCCCCCC(=O)O[C@@H](COC(=O)CCCCCCC/C=C\CCCCCC)COC(=O)CCCCCCC/C=C\CCCCCCCC. The Balaban J connectivity index is 4.37. The van der Waals surface area contributed by atoms with E-state index in [0.717, 1.165) is 77.0 Å². The van der Waals surface area contributed by atoms with Crippen molar-refractivity contribution in [3.63, 3.8) is 0 Å². The molecule has 0 bridgehead atoms. The molecule has 378 valence electrons. The summed E-state index contributed by atoms with van der Waals surface area (Å²) in [6, 6.07) is 0. The smallest absolute Gasteiger partial charge is 0.306 e. The van der Waals surface area contributed by atoms with Crippen LogP contribution in [-0.2, 0) is 28.6 Å². The summed E-state index contributed by atoms with van der Waals surface area (Å²) in [6.07, 6.45) is 65.2. The molecule has 0 radical (unpaired) electrons. The maximum atomic E-state index is 12.8. The second-order valence-electron chi connectivity index (χ2n) is 18.8. The zero-order valence-electron chi connectivity index (χ0n) is 43.3. The first-order valence-electron chi connectivity index (χ1n) is 28.1. The molecule has 6 heteroatoms. The largest absolute Gasteiger partial charge is 0.462 e. The fourth-order valence-electron chi connectivity index (χ4n) is 7.99. The predicted octanol–water partition coefficient (Wildman–Crippen LogP) is 18.7. The Morgan fingerprint density at radius 1 is 0.308 bits per heavy atom. The number of unbranched alkanes of at least 4 members (excludes halogenated alkanes) is 32. The van der Waals surface area contributed by atoms with Gasteiger partial charge in [-0.15, -0.1) is 0 Å². The fourth-order valence-corrected chi connectivity index (χ4v) is 7.99. The fraction of sp³-hybridized carbons (Fsp3) is 0.814. The lowest BCUT2D eigenvalue weighted by molar-refractivity contribution is -0.167. The summed E-state index contributed by atoms with van der Waals surface area (Å²) in [5.41, 5.74) is 0. The van der Waals surface area contributed by atoms with Crippen LogP contribution in [0.4, 0.5) is 0 Å². The van der Waals surface area contributed by atoms with Crippen LogP contribution in [0.15, 0.2) is 48.6 Å². The van der Waals surface area contributed by atoms with Gasteiger partial charge in [-0.25, -0.2) is 0 Å². The molecule has 0 aromatic rings. The molecule has 0 aliphatic rings. The topological polar surface area (TPSA) is 78.9 Å². The van der Waals surface area contributed by atoms with Crippen molar-refractivity contribution in [1.29, 1.82) is 0 Å². The van der Waals surface area contributed by atoms with Gasteiger partial charge < -0.3 is 14.2 Å². The first-order valence-corrected chi connectivity index (χ1v) is 28.1. The summed E-state index contributed by atoms with van der Waals surface area (Å²) < 4.78 is 16.8. The highest BCUT2D eigenvalue weighted by molar-refractivity contribution is 5.71. The number of allylic oxidation sites excluding steroid dienone is 8. The minimum Gasteiger partial charge on any atom is -0.462 e. The first kappa shape index (κ1) is 62.4. The Morgan fingerprint density at radius 2 is 0.554 bits per heavy atom. The minimum absolute atomic E-state index is 0.0804. The number of esters is 3. The average Bonchev–Trinajstić information content (AvgIpc) is 3.30. The highest BCUT2D eigenvalue weighted by Crippen LogP contribution is 2.15. The molecule has 0 aliphatic carbocycles. The van der Waals surface area contributed by atoms with Crippen molar-refractivity contribution < 1.29 is 28.6 Å². The van der Waals surface area contributed by atoms with Crippen molar-refractivity contribution in [2.24, 2.45) is 0 Å². The van der Waals surface area contributed by atoms with Crippen molar-refractivity contribution in [2.75, 3.05) is 13.2 Å². The van der Waals surface area contributed by atoms with Crippen molar-refractivity contribution in [1.82, 2.24) is 0 Å². The molecule has 0 unspecified atom stereocenters. The summed E-state index contributed by atoms with van der Waals surface area (Å²) in [5, 5.41) is 0. The maximum Gasteiger partial charge on any atom is 0.306 e. The van der Waals surface area contributed by atoms with E-state index in [1.165, 1.54) is 173 Å². The average molecular weight is 911 g/mol. The zero-order valence-corrected chi connectivity index (χ0v) is 43.3. The van der Waals surface area contributed by atoms with Gasteiger partial charge in [0.15, 0.2) is 6.10 Å². The van der Waals surface area contributed by atoms with Gasteiger partial charge >= 0.3 is 17.9 Å². The van der Waals surface area contributed by atoms with Crippen LogP contribution in [0.25, 0.3) is 0 Å².